The predicted molar refractivity (Wildman–Crippen MR) is 63.0 cm³/mol. The fourth-order valence-electron chi connectivity index (χ4n) is 1.44. The zero-order valence-electron chi connectivity index (χ0n) is 11.2. The molecule has 0 saturated carbocycles. The summed E-state index contributed by atoms with van der Waals surface area (Å²) < 4.78 is 40.5. The molecule has 1 unspecified atom stereocenters. The molecule has 1 atom stereocenters. The number of hydrogen-bond donors (Lipinski definition) is 1. The Labute approximate surface area is 102 Å². The van der Waals surface area contributed by atoms with Gasteiger partial charge in [0, 0.05) is 12.1 Å². The largest absolute Gasteiger partial charge is 0.411 e. The molecule has 0 rings (SSSR count). The lowest BCUT2D eigenvalue weighted by atomic mass is 10.0. The SMILES string of the molecule is CCCC(CNC(C)(C)C)COCC(F)(F)F. The highest BCUT2D eigenvalue weighted by atomic mass is 19.4. The predicted octanol–water partition coefficient (Wildman–Crippen LogP) is 3.37. The van der Waals surface area contributed by atoms with Gasteiger partial charge >= 0.3 is 6.18 Å². The van der Waals surface area contributed by atoms with Crippen molar-refractivity contribution >= 4 is 0 Å². The minimum Gasteiger partial charge on any atom is -0.372 e. The van der Waals surface area contributed by atoms with Crippen LogP contribution in [0.2, 0.25) is 0 Å². The molecule has 5 heteroatoms. The molecule has 0 amide bonds. The van der Waals surface area contributed by atoms with Crippen LogP contribution in [0.4, 0.5) is 13.2 Å². The third-order valence-electron chi connectivity index (χ3n) is 2.24. The van der Waals surface area contributed by atoms with Crippen molar-refractivity contribution in [3.8, 4) is 0 Å². The third kappa shape index (κ3) is 12.0. The van der Waals surface area contributed by atoms with E-state index >= 15 is 0 Å². The summed E-state index contributed by atoms with van der Waals surface area (Å²) in [5, 5.41) is 3.29. The van der Waals surface area contributed by atoms with Gasteiger partial charge in [-0.15, -0.1) is 0 Å². The summed E-state index contributed by atoms with van der Waals surface area (Å²) >= 11 is 0. The molecule has 1 N–H and O–H groups in total. The number of nitrogens with one attached hydrogen (secondary N) is 1. The van der Waals surface area contributed by atoms with Crippen molar-refractivity contribution in [2.24, 2.45) is 5.92 Å². The van der Waals surface area contributed by atoms with E-state index in [2.05, 4.69) is 5.32 Å². The molecule has 0 aromatic heterocycles. The molecule has 2 nitrogen and oxygen atoms in total. The number of hydrogen-bond acceptors (Lipinski definition) is 2. The molecule has 0 aromatic carbocycles. The fourth-order valence-corrected chi connectivity index (χ4v) is 1.44. The Hall–Kier alpha value is -0.290. The lowest BCUT2D eigenvalue weighted by molar-refractivity contribution is -0.176. The van der Waals surface area contributed by atoms with Gasteiger partial charge in [0.2, 0.25) is 0 Å². The molecule has 0 radical (unpaired) electrons. The second-order valence-electron chi connectivity index (χ2n) is 5.42. The first-order valence-corrected chi connectivity index (χ1v) is 6.03. The number of ether oxygens (including phenoxy) is 1. The molecule has 0 spiro atoms. The second-order valence-corrected chi connectivity index (χ2v) is 5.42. The van der Waals surface area contributed by atoms with Gasteiger partial charge in [0.05, 0.1) is 6.61 Å². The highest BCUT2D eigenvalue weighted by Crippen LogP contribution is 2.16. The summed E-state index contributed by atoms with van der Waals surface area (Å²) in [5.41, 5.74) is -0.0178. The van der Waals surface area contributed by atoms with Gasteiger partial charge in [0.15, 0.2) is 0 Å². The Morgan fingerprint density at radius 2 is 1.76 bits per heavy atom. The lowest BCUT2D eigenvalue weighted by Gasteiger charge is -2.25. The molecule has 0 heterocycles. The highest BCUT2D eigenvalue weighted by molar-refractivity contribution is 4.73. The van der Waals surface area contributed by atoms with Crippen LogP contribution in [0.5, 0.6) is 0 Å². The van der Waals surface area contributed by atoms with Gasteiger partial charge in [-0.3, -0.25) is 0 Å². The maximum absolute atomic E-state index is 11.9. The Morgan fingerprint density at radius 3 is 2.18 bits per heavy atom. The number of halogens is 3. The van der Waals surface area contributed by atoms with E-state index in [1.165, 1.54) is 0 Å². The monoisotopic (exact) mass is 255 g/mol. The molecular weight excluding hydrogens is 231 g/mol. The van der Waals surface area contributed by atoms with Gasteiger partial charge in [0.25, 0.3) is 0 Å². The van der Waals surface area contributed by atoms with Crippen LogP contribution in [0.3, 0.4) is 0 Å². The first kappa shape index (κ1) is 16.7. The molecular formula is C12H24F3NO. The molecule has 0 fully saturated rings. The van der Waals surface area contributed by atoms with Crippen LogP contribution in [0, 0.1) is 5.92 Å². The van der Waals surface area contributed by atoms with Crippen molar-refractivity contribution in [1.82, 2.24) is 5.32 Å². The highest BCUT2D eigenvalue weighted by Gasteiger charge is 2.28. The molecule has 0 aliphatic rings. The maximum Gasteiger partial charge on any atom is 0.411 e. The van der Waals surface area contributed by atoms with Crippen LogP contribution in [0.1, 0.15) is 40.5 Å². The molecule has 0 bridgehead atoms. The standard InChI is InChI=1S/C12H24F3NO/c1-5-6-10(7-16-11(2,3)4)8-17-9-12(13,14)15/h10,16H,5-9H2,1-4H3. The Morgan fingerprint density at radius 1 is 1.18 bits per heavy atom. The molecule has 0 aromatic rings. The summed E-state index contributed by atoms with van der Waals surface area (Å²) in [6.07, 6.45) is -2.40. The Kier molecular flexibility index (Phi) is 7.09. The van der Waals surface area contributed by atoms with E-state index in [0.29, 0.717) is 6.54 Å². The summed E-state index contributed by atoms with van der Waals surface area (Å²) in [6.45, 7) is 7.83. The van der Waals surface area contributed by atoms with Crippen LogP contribution in [-0.4, -0.2) is 31.5 Å². The summed E-state index contributed by atoms with van der Waals surface area (Å²) in [6, 6.07) is 0. The van der Waals surface area contributed by atoms with Gasteiger partial charge in [0.1, 0.15) is 6.61 Å². The summed E-state index contributed by atoms with van der Waals surface area (Å²) in [5.74, 6) is 0.140. The van der Waals surface area contributed by atoms with Gasteiger partial charge in [-0.1, -0.05) is 13.3 Å². The average molecular weight is 255 g/mol. The molecule has 17 heavy (non-hydrogen) atoms. The van der Waals surface area contributed by atoms with E-state index in [-0.39, 0.29) is 18.1 Å². The van der Waals surface area contributed by atoms with E-state index in [1.54, 1.807) is 0 Å². The zero-order valence-corrected chi connectivity index (χ0v) is 11.2. The minimum atomic E-state index is -4.23. The number of alkyl halides is 3. The smallest absolute Gasteiger partial charge is 0.372 e. The van der Waals surface area contributed by atoms with E-state index in [4.69, 9.17) is 4.74 Å². The Balaban J connectivity index is 3.90. The first-order chi connectivity index (χ1) is 7.64. The van der Waals surface area contributed by atoms with E-state index in [1.807, 2.05) is 27.7 Å². The van der Waals surface area contributed by atoms with Gasteiger partial charge in [-0.2, -0.15) is 13.2 Å². The van der Waals surface area contributed by atoms with Crippen LogP contribution in [0.15, 0.2) is 0 Å². The van der Waals surface area contributed by atoms with Crippen LogP contribution in [0.25, 0.3) is 0 Å². The van der Waals surface area contributed by atoms with E-state index in [9.17, 15) is 13.2 Å². The fraction of sp³-hybridized carbons (Fsp3) is 1.00. The molecule has 0 aliphatic carbocycles. The van der Waals surface area contributed by atoms with Crippen molar-refractivity contribution in [1.29, 1.82) is 0 Å². The Bertz CT molecular complexity index is 199. The summed E-state index contributed by atoms with van der Waals surface area (Å²) in [7, 11) is 0. The summed E-state index contributed by atoms with van der Waals surface area (Å²) in [4.78, 5) is 0. The molecule has 0 saturated heterocycles. The molecule has 104 valence electrons. The van der Waals surface area contributed by atoms with Gasteiger partial charge in [-0.05, 0) is 33.1 Å². The van der Waals surface area contributed by atoms with E-state index < -0.39 is 12.8 Å². The maximum atomic E-state index is 11.9. The quantitative estimate of drug-likeness (QED) is 0.753. The lowest BCUT2D eigenvalue weighted by Crippen LogP contribution is -2.40. The third-order valence-corrected chi connectivity index (χ3v) is 2.24. The van der Waals surface area contributed by atoms with Crippen LogP contribution in [-0.2, 0) is 4.74 Å². The van der Waals surface area contributed by atoms with Gasteiger partial charge < -0.3 is 10.1 Å². The normalized spacial score (nSPS) is 15.0. The van der Waals surface area contributed by atoms with E-state index in [0.717, 1.165) is 12.8 Å². The topological polar surface area (TPSA) is 21.3 Å². The van der Waals surface area contributed by atoms with Crippen molar-refractivity contribution < 1.29 is 17.9 Å². The zero-order chi connectivity index (χ0) is 13.5. The number of rotatable bonds is 7. The second kappa shape index (κ2) is 7.21. The van der Waals surface area contributed by atoms with Gasteiger partial charge in [-0.25, -0.2) is 0 Å². The van der Waals surface area contributed by atoms with Crippen molar-refractivity contribution in [3.05, 3.63) is 0 Å². The minimum absolute atomic E-state index is 0.0178. The van der Waals surface area contributed by atoms with Crippen LogP contribution < -0.4 is 5.32 Å². The first-order valence-electron chi connectivity index (χ1n) is 6.03. The van der Waals surface area contributed by atoms with Crippen molar-refractivity contribution in [3.63, 3.8) is 0 Å². The van der Waals surface area contributed by atoms with Crippen LogP contribution >= 0.6 is 0 Å². The average Bonchev–Trinajstić information content (AvgIpc) is 2.11. The molecule has 0 aliphatic heterocycles. The van der Waals surface area contributed by atoms with Crippen molar-refractivity contribution in [2.75, 3.05) is 19.8 Å². The van der Waals surface area contributed by atoms with Crippen molar-refractivity contribution in [2.45, 2.75) is 52.3 Å².